The van der Waals surface area contributed by atoms with Gasteiger partial charge in [0.1, 0.15) is 0 Å². The first kappa shape index (κ1) is 6.12. The highest BCUT2D eigenvalue weighted by Crippen LogP contribution is 2.32. The van der Waals surface area contributed by atoms with Crippen molar-refractivity contribution < 1.29 is 0 Å². The lowest BCUT2D eigenvalue weighted by atomic mass is 9.96. The van der Waals surface area contributed by atoms with E-state index in [9.17, 15) is 0 Å². The van der Waals surface area contributed by atoms with E-state index in [-0.39, 0.29) is 0 Å². The molecule has 0 saturated heterocycles. The van der Waals surface area contributed by atoms with Gasteiger partial charge in [0.2, 0.25) is 0 Å². The van der Waals surface area contributed by atoms with Crippen molar-refractivity contribution in [2.75, 3.05) is 0 Å². The molecular formula is C8H16. The minimum atomic E-state index is 1.03. The molecule has 0 aromatic heterocycles. The normalized spacial score (nSPS) is 38.2. The average Bonchev–Trinajstić information content (AvgIpc) is 2.14. The lowest BCUT2D eigenvalue weighted by Crippen LogP contribution is -2.00. The molecule has 0 heterocycles. The third kappa shape index (κ3) is 1.04. The van der Waals surface area contributed by atoms with Crippen molar-refractivity contribution in [1.29, 1.82) is 0 Å². The van der Waals surface area contributed by atoms with Crippen LogP contribution >= 0.6 is 0 Å². The van der Waals surface area contributed by atoms with Crippen LogP contribution in [0.5, 0.6) is 0 Å². The molecule has 2 atom stereocenters. The molecule has 0 nitrogen and oxygen atoms in total. The highest BCUT2D eigenvalue weighted by molar-refractivity contribution is 4.72. The van der Waals surface area contributed by atoms with Crippen molar-refractivity contribution in [3.8, 4) is 0 Å². The molecule has 1 aliphatic carbocycles. The molecule has 0 aromatic carbocycles. The lowest BCUT2D eigenvalue weighted by molar-refractivity contribution is 0.407. The Kier molecular flexibility index (Phi) is 1.93. The maximum atomic E-state index is 2.39. The summed E-state index contributed by atoms with van der Waals surface area (Å²) in [5.74, 6) is 2.09. The first-order valence-corrected chi connectivity index (χ1v) is 3.84. The largest absolute Gasteiger partial charge is 0.0651 e. The average molecular weight is 112 g/mol. The van der Waals surface area contributed by atoms with E-state index >= 15 is 0 Å². The Hall–Kier alpha value is 0. The Morgan fingerprint density at radius 3 is 2.38 bits per heavy atom. The third-order valence-corrected chi connectivity index (χ3v) is 2.56. The van der Waals surface area contributed by atoms with Crippen molar-refractivity contribution in [3.05, 3.63) is 0 Å². The summed E-state index contributed by atoms with van der Waals surface area (Å²) in [5.41, 5.74) is 0. The van der Waals surface area contributed by atoms with E-state index in [2.05, 4.69) is 13.8 Å². The highest BCUT2D eigenvalue weighted by atomic mass is 14.3. The van der Waals surface area contributed by atoms with Gasteiger partial charge in [0.05, 0.1) is 0 Å². The van der Waals surface area contributed by atoms with Gasteiger partial charge in [-0.05, 0) is 11.8 Å². The summed E-state index contributed by atoms with van der Waals surface area (Å²) in [5, 5.41) is 0. The summed E-state index contributed by atoms with van der Waals surface area (Å²) in [6.07, 6.45) is 5.87. The molecule has 0 aromatic rings. The zero-order valence-corrected chi connectivity index (χ0v) is 5.98. The standard InChI is InChI=1S/C8H16/c1-3-8-6-4-5-7(8)2/h7-8H,3-6H2,1-2H3/t7-,8+/m1/s1. The minimum absolute atomic E-state index is 1.03. The van der Waals surface area contributed by atoms with Crippen molar-refractivity contribution in [1.82, 2.24) is 0 Å². The Morgan fingerprint density at radius 1 is 1.38 bits per heavy atom. The summed E-state index contributed by atoms with van der Waals surface area (Å²) in [7, 11) is 0. The van der Waals surface area contributed by atoms with Gasteiger partial charge in [-0.25, -0.2) is 0 Å². The highest BCUT2D eigenvalue weighted by Gasteiger charge is 2.20. The molecule has 0 bridgehead atoms. The fraction of sp³-hybridized carbons (Fsp3) is 1.00. The van der Waals surface area contributed by atoms with Crippen LogP contribution in [0.15, 0.2) is 0 Å². The molecule has 0 heteroatoms. The fourth-order valence-electron chi connectivity index (χ4n) is 1.83. The Balaban J connectivity index is 2.30. The molecule has 0 aliphatic heterocycles. The molecule has 8 heavy (non-hydrogen) atoms. The van der Waals surface area contributed by atoms with E-state index in [1.54, 1.807) is 0 Å². The van der Waals surface area contributed by atoms with Gasteiger partial charge in [-0.2, -0.15) is 0 Å². The van der Waals surface area contributed by atoms with Gasteiger partial charge in [0.25, 0.3) is 0 Å². The number of hydrogen-bond donors (Lipinski definition) is 0. The Labute approximate surface area is 52.3 Å². The van der Waals surface area contributed by atoms with Crippen molar-refractivity contribution >= 4 is 0 Å². The molecule has 0 radical (unpaired) electrons. The van der Waals surface area contributed by atoms with Crippen molar-refractivity contribution in [2.24, 2.45) is 11.8 Å². The van der Waals surface area contributed by atoms with Crippen LogP contribution in [0.1, 0.15) is 39.5 Å². The van der Waals surface area contributed by atoms with Crippen LogP contribution in [-0.4, -0.2) is 0 Å². The molecular weight excluding hydrogens is 96.1 g/mol. The number of hydrogen-bond acceptors (Lipinski definition) is 0. The molecule has 1 rings (SSSR count). The van der Waals surface area contributed by atoms with Crippen molar-refractivity contribution in [3.63, 3.8) is 0 Å². The van der Waals surface area contributed by atoms with Gasteiger partial charge < -0.3 is 0 Å². The lowest BCUT2D eigenvalue weighted by Gasteiger charge is -2.10. The van der Waals surface area contributed by atoms with Gasteiger partial charge in [-0.15, -0.1) is 0 Å². The van der Waals surface area contributed by atoms with E-state index in [4.69, 9.17) is 0 Å². The third-order valence-electron chi connectivity index (χ3n) is 2.56. The second kappa shape index (κ2) is 2.52. The van der Waals surface area contributed by atoms with Crippen LogP contribution in [0.25, 0.3) is 0 Å². The predicted octanol–water partition coefficient (Wildman–Crippen LogP) is 2.83. The zero-order chi connectivity index (χ0) is 5.98. The van der Waals surface area contributed by atoms with Crippen molar-refractivity contribution in [2.45, 2.75) is 39.5 Å². The quantitative estimate of drug-likeness (QED) is 0.489. The zero-order valence-electron chi connectivity index (χ0n) is 5.98. The summed E-state index contributed by atoms with van der Waals surface area (Å²) in [6, 6.07) is 0. The maximum absolute atomic E-state index is 2.39. The van der Waals surface area contributed by atoms with Crippen LogP contribution in [-0.2, 0) is 0 Å². The van der Waals surface area contributed by atoms with Gasteiger partial charge in [0, 0.05) is 0 Å². The summed E-state index contributed by atoms with van der Waals surface area (Å²) >= 11 is 0. The topological polar surface area (TPSA) is 0 Å². The molecule has 0 amide bonds. The number of rotatable bonds is 1. The van der Waals surface area contributed by atoms with Crippen LogP contribution in [0.4, 0.5) is 0 Å². The fourth-order valence-corrected chi connectivity index (χ4v) is 1.83. The van der Waals surface area contributed by atoms with Crippen LogP contribution in [0.3, 0.4) is 0 Å². The second-order valence-corrected chi connectivity index (χ2v) is 3.08. The Morgan fingerprint density at radius 2 is 2.12 bits per heavy atom. The first-order chi connectivity index (χ1) is 3.84. The molecule has 0 spiro atoms. The van der Waals surface area contributed by atoms with Gasteiger partial charge in [0.15, 0.2) is 0 Å². The van der Waals surface area contributed by atoms with Crippen LogP contribution in [0.2, 0.25) is 0 Å². The molecule has 0 N–H and O–H groups in total. The molecule has 48 valence electrons. The van der Waals surface area contributed by atoms with Gasteiger partial charge in [-0.3, -0.25) is 0 Å². The minimum Gasteiger partial charge on any atom is -0.0651 e. The monoisotopic (exact) mass is 112 g/mol. The SMILES string of the molecule is CC[C@H]1CCC[C@H]1C. The maximum Gasteiger partial charge on any atom is -0.0391 e. The molecule has 1 fully saturated rings. The van der Waals surface area contributed by atoms with E-state index in [1.165, 1.54) is 25.7 Å². The molecule has 1 saturated carbocycles. The second-order valence-electron chi connectivity index (χ2n) is 3.08. The molecule has 0 unspecified atom stereocenters. The first-order valence-electron chi connectivity index (χ1n) is 3.84. The van der Waals surface area contributed by atoms with Crippen LogP contribution < -0.4 is 0 Å². The summed E-state index contributed by atoms with van der Waals surface area (Å²) in [6.45, 7) is 4.70. The Bertz CT molecular complexity index is 66.4. The van der Waals surface area contributed by atoms with E-state index < -0.39 is 0 Å². The van der Waals surface area contributed by atoms with Crippen LogP contribution in [0, 0.1) is 11.8 Å². The summed E-state index contributed by atoms with van der Waals surface area (Å²) in [4.78, 5) is 0. The predicted molar refractivity (Wildman–Crippen MR) is 36.8 cm³/mol. The van der Waals surface area contributed by atoms with E-state index in [0.717, 1.165) is 11.8 Å². The smallest absolute Gasteiger partial charge is 0.0391 e. The summed E-state index contributed by atoms with van der Waals surface area (Å²) < 4.78 is 0. The van der Waals surface area contributed by atoms with E-state index in [0.29, 0.717) is 0 Å². The van der Waals surface area contributed by atoms with E-state index in [1.807, 2.05) is 0 Å². The van der Waals surface area contributed by atoms with Gasteiger partial charge >= 0.3 is 0 Å². The molecule has 1 aliphatic rings. The van der Waals surface area contributed by atoms with Gasteiger partial charge in [-0.1, -0.05) is 39.5 Å².